The van der Waals surface area contributed by atoms with Gasteiger partial charge in [0, 0.05) is 0 Å². The zero-order chi connectivity index (χ0) is 33.6. The molecule has 0 unspecified atom stereocenters. The van der Waals surface area contributed by atoms with Crippen molar-refractivity contribution in [1.82, 2.24) is 0 Å². The van der Waals surface area contributed by atoms with Crippen LogP contribution in [-0.4, -0.2) is 37.8 Å². The van der Waals surface area contributed by atoms with Crippen LogP contribution in [0.25, 0.3) is 0 Å². The quantitative estimate of drug-likeness (QED) is 0.154. The molecule has 0 fully saturated rings. The maximum absolute atomic E-state index is 14.7. The summed E-state index contributed by atoms with van der Waals surface area (Å²) in [6, 6.07) is 5.08. The van der Waals surface area contributed by atoms with Crippen molar-refractivity contribution in [3.8, 4) is 11.5 Å². The minimum Gasteiger partial charge on any atom is -0.465 e. The molecule has 238 valence electrons. The average Bonchev–Trinajstić information content (AvgIpc) is 2.86. The van der Waals surface area contributed by atoms with Gasteiger partial charge in [0.05, 0.1) is 12.7 Å². The van der Waals surface area contributed by atoms with Crippen molar-refractivity contribution in [2.75, 3.05) is 7.11 Å². The maximum Gasteiger partial charge on any atom is 0.573 e. The lowest BCUT2D eigenvalue weighted by molar-refractivity contribution is -0.288. The second kappa shape index (κ2) is 11.7. The summed E-state index contributed by atoms with van der Waals surface area (Å²) in [4.78, 5) is 24.7. The van der Waals surface area contributed by atoms with Gasteiger partial charge >= 0.3 is 30.7 Å². The van der Waals surface area contributed by atoms with E-state index in [1.807, 2.05) is 0 Å². The fourth-order valence-electron chi connectivity index (χ4n) is 4.85. The molecule has 0 atom stereocenters. The van der Waals surface area contributed by atoms with Gasteiger partial charge in [-0.25, -0.2) is 9.59 Å². The largest absolute Gasteiger partial charge is 0.573 e. The highest BCUT2D eigenvalue weighted by Crippen LogP contribution is 2.57. The number of hydrogen-bond donors (Lipinski definition) is 0. The third-order valence-corrected chi connectivity index (χ3v) is 7.15. The molecule has 3 rings (SSSR count). The SMILES string of the molecule is COC(=O)c1ccc(C(=O)Oc2c(C)cc(C(c3cc(C)c(C)c(C)c3)(C(F)(F)F)C(F)(F)F)cc2C)cc1OC(F)(F)F. The molecular formula is C30H25F9O5. The van der Waals surface area contributed by atoms with Crippen molar-refractivity contribution in [1.29, 1.82) is 0 Å². The predicted octanol–water partition coefficient (Wildman–Crippen LogP) is 8.54. The van der Waals surface area contributed by atoms with E-state index in [-0.39, 0.29) is 22.3 Å². The minimum atomic E-state index is -5.87. The number of esters is 2. The van der Waals surface area contributed by atoms with Crippen molar-refractivity contribution >= 4 is 11.9 Å². The van der Waals surface area contributed by atoms with Crippen LogP contribution in [0.1, 0.15) is 59.7 Å². The molecule has 0 amide bonds. The van der Waals surface area contributed by atoms with Crippen molar-refractivity contribution < 1.29 is 63.3 Å². The summed E-state index contributed by atoms with van der Waals surface area (Å²) >= 11 is 0. The molecule has 0 aromatic heterocycles. The Kier molecular flexibility index (Phi) is 9.11. The summed E-state index contributed by atoms with van der Waals surface area (Å²) in [7, 11) is 0.893. The molecule has 0 aliphatic carbocycles. The van der Waals surface area contributed by atoms with Gasteiger partial charge in [0.25, 0.3) is 0 Å². The van der Waals surface area contributed by atoms with E-state index in [4.69, 9.17) is 4.74 Å². The number of benzene rings is 3. The number of halogens is 9. The van der Waals surface area contributed by atoms with E-state index >= 15 is 0 Å². The monoisotopic (exact) mass is 636 g/mol. The second-order valence-electron chi connectivity index (χ2n) is 10.1. The van der Waals surface area contributed by atoms with Crippen LogP contribution in [0.15, 0.2) is 42.5 Å². The second-order valence-corrected chi connectivity index (χ2v) is 10.1. The fraction of sp³-hybridized carbons (Fsp3) is 0.333. The third-order valence-electron chi connectivity index (χ3n) is 7.15. The Morgan fingerprint density at radius 1 is 0.636 bits per heavy atom. The van der Waals surface area contributed by atoms with E-state index in [0.29, 0.717) is 23.8 Å². The van der Waals surface area contributed by atoms with Crippen molar-refractivity contribution in [2.45, 2.75) is 58.7 Å². The lowest BCUT2D eigenvalue weighted by atomic mass is 9.71. The molecule has 0 aliphatic rings. The van der Waals surface area contributed by atoms with Crippen LogP contribution in [0.4, 0.5) is 39.5 Å². The highest BCUT2D eigenvalue weighted by molar-refractivity contribution is 5.96. The first-order valence-electron chi connectivity index (χ1n) is 12.6. The molecule has 14 heteroatoms. The van der Waals surface area contributed by atoms with Crippen molar-refractivity contribution in [3.63, 3.8) is 0 Å². The molecule has 0 saturated carbocycles. The molecule has 3 aromatic carbocycles. The molecule has 0 spiro atoms. The average molecular weight is 637 g/mol. The Morgan fingerprint density at radius 3 is 1.50 bits per heavy atom. The Morgan fingerprint density at radius 2 is 1.09 bits per heavy atom. The number of ether oxygens (including phenoxy) is 3. The van der Waals surface area contributed by atoms with Gasteiger partial charge in [0.2, 0.25) is 5.41 Å². The first-order chi connectivity index (χ1) is 20.0. The van der Waals surface area contributed by atoms with Gasteiger partial charge in [-0.05, 0) is 91.8 Å². The molecule has 0 bridgehead atoms. The van der Waals surface area contributed by atoms with Gasteiger partial charge in [-0.1, -0.05) is 24.3 Å². The molecule has 0 saturated heterocycles. The summed E-state index contributed by atoms with van der Waals surface area (Å²) in [6.07, 6.45) is -17.0. The van der Waals surface area contributed by atoms with Crippen LogP contribution >= 0.6 is 0 Å². The topological polar surface area (TPSA) is 61.8 Å². The molecule has 44 heavy (non-hydrogen) atoms. The van der Waals surface area contributed by atoms with E-state index in [9.17, 15) is 49.1 Å². The number of alkyl halides is 9. The standard InChI is InChI=1S/C30H25F9O5/c1-14-9-20(10-15(2)18(14)5)27(28(31,32)33,29(34,35)36)21-11-16(3)24(17(4)12-21)43-25(40)19-7-8-22(26(41)42-6)23(13-19)44-30(37,38)39/h7-13H,1-6H3. The molecule has 3 aromatic rings. The Bertz CT molecular complexity index is 1540. The summed E-state index contributed by atoms with van der Waals surface area (Å²) in [5.41, 5.74) is -7.62. The molecular weight excluding hydrogens is 611 g/mol. The van der Waals surface area contributed by atoms with Crippen LogP contribution < -0.4 is 9.47 Å². The number of rotatable bonds is 6. The van der Waals surface area contributed by atoms with E-state index in [0.717, 1.165) is 45.2 Å². The first-order valence-corrected chi connectivity index (χ1v) is 12.6. The number of aryl methyl sites for hydroxylation is 4. The fourth-order valence-corrected chi connectivity index (χ4v) is 4.85. The maximum atomic E-state index is 14.7. The first kappa shape index (κ1) is 34.3. The molecule has 0 N–H and O–H groups in total. The molecule has 0 radical (unpaired) electrons. The zero-order valence-corrected chi connectivity index (χ0v) is 24.0. The van der Waals surface area contributed by atoms with E-state index in [1.54, 1.807) is 6.92 Å². The van der Waals surface area contributed by atoms with Gasteiger partial charge < -0.3 is 14.2 Å². The summed E-state index contributed by atoms with van der Waals surface area (Å²) in [6.45, 7) is 6.58. The zero-order valence-electron chi connectivity index (χ0n) is 24.0. The van der Waals surface area contributed by atoms with Crippen molar-refractivity contribution in [2.24, 2.45) is 0 Å². The number of hydrogen-bond acceptors (Lipinski definition) is 5. The third kappa shape index (κ3) is 6.34. The van der Waals surface area contributed by atoms with E-state index in [1.165, 1.54) is 13.8 Å². The summed E-state index contributed by atoms with van der Waals surface area (Å²) in [5, 5.41) is 0. The highest BCUT2D eigenvalue weighted by atomic mass is 19.4. The van der Waals surface area contributed by atoms with E-state index in [2.05, 4.69) is 9.47 Å². The Hall–Kier alpha value is -4.23. The molecule has 0 heterocycles. The Balaban J connectivity index is 2.17. The lowest BCUT2D eigenvalue weighted by Crippen LogP contribution is -2.55. The number of carbonyl (C=O) groups excluding carboxylic acids is 2. The van der Waals surface area contributed by atoms with E-state index < -0.39 is 69.8 Å². The summed E-state index contributed by atoms with van der Waals surface area (Å²) < 4.78 is 141. The van der Waals surface area contributed by atoms with Gasteiger partial charge in [-0.2, -0.15) is 26.3 Å². The lowest BCUT2D eigenvalue weighted by Gasteiger charge is -2.39. The van der Waals surface area contributed by atoms with Crippen LogP contribution in [0.5, 0.6) is 11.5 Å². The van der Waals surface area contributed by atoms with Gasteiger partial charge in [-0.15, -0.1) is 13.2 Å². The van der Waals surface area contributed by atoms with Crippen LogP contribution in [0.3, 0.4) is 0 Å². The smallest absolute Gasteiger partial charge is 0.465 e. The highest BCUT2D eigenvalue weighted by Gasteiger charge is 2.72. The summed E-state index contributed by atoms with van der Waals surface area (Å²) in [5.74, 6) is -4.09. The Labute approximate surface area is 245 Å². The number of methoxy groups -OCH3 is 1. The van der Waals surface area contributed by atoms with Crippen molar-refractivity contribution in [3.05, 3.63) is 92.5 Å². The predicted molar refractivity (Wildman–Crippen MR) is 139 cm³/mol. The number of carbonyl (C=O) groups is 2. The molecule has 0 aliphatic heterocycles. The van der Waals surface area contributed by atoms with Crippen LogP contribution in [0, 0.1) is 34.6 Å². The minimum absolute atomic E-state index is 0.212. The van der Waals surface area contributed by atoms with Gasteiger partial charge in [-0.3, -0.25) is 0 Å². The van der Waals surface area contributed by atoms with Crippen LogP contribution in [-0.2, 0) is 10.2 Å². The van der Waals surface area contributed by atoms with Crippen LogP contribution in [0.2, 0.25) is 0 Å². The molecule has 5 nitrogen and oxygen atoms in total. The normalized spacial score (nSPS) is 12.6. The van der Waals surface area contributed by atoms with Gasteiger partial charge in [0.15, 0.2) is 0 Å². The van der Waals surface area contributed by atoms with Gasteiger partial charge in [0.1, 0.15) is 17.1 Å².